The Balaban J connectivity index is 1.86. The van der Waals surface area contributed by atoms with Crippen LogP contribution in [0.3, 0.4) is 0 Å². The normalized spacial score (nSPS) is 11.5. The minimum Gasteiger partial charge on any atom is -0.0651 e. The zero-order valence-corrected chi connectivity index (χ0v) is 22.9. The Labute approximate surface area is 214 Å². The zero-order valence-electron chi connectivity index (χ0n) is 21.2. The molecule has 0 saturated carbocycles. The second-order valence-electron chi connectivity index (χ2n) is 9.30. The van der Waals surface area contributed by atoms with Crippen molar-refractivity contribution in [1.82, 2.24) is 0 Å². The summed E-state index contributed by atoms with van der Waals surface area (Å²) >= 11 is 0. The van der Waals surface area contributed by atoms with Crippen LogP contribution in [-0.2, 0) is 25.7 Å². The second-order valence-corrected chi connectivity index (χ2v) is 11.4. The Morgan fingerprint density at radius 2 is 0.882 bits per heavy atom. The molecule has 2 heteroatoms. The quantitative estimate of drug-likeness (QED) is 0.193. The van der Waals surface area contributed by atoms with E-state index in [1.54, 1.807) is 22.3 Å². The molecular weight excluding hydrogens is 448 g/mol. The van der Waals surface area contributed by atoms with Crippen molar-refractivity contribution in [3.8, 4) is 0 Å². The molecule has 4 rings (SSSR count). The van der Waals surface area contributed by atoms with Gasteiger partial charge in [0.2, 0.25) is 0 Å². The summed E-state index contributed by atoms with van der Waals surface area (Å²) in [5, 5.41) is 5.59. The first-order valence-electron chi connectivity index (χ1n) is 13.1. The van der Waals surface area contributed by atoms with E-state index in [0.717, 1.165) is 25.7 Å². The molecule has 0 amide bonds. The molecule has 0 N–H and O–H groups in total. The van der Waals surface area contributed by atoms with E-state index in [1.807, 2.05) is 21.6 Å². The van der Waals surface area contributed by atoms with Crippen molar-refractivity contribution in [1.29, 1.82) is 0 Å². The largest absolute Gasteiger partial charge is 0.0651 e. The van der Waals surface area contributed by atoms with Gasteiger partial charge in [-0.05, 0) is 69.5 Å². The first-order valence-corrected chi connectivity index (χ1v) is 15.3. The minimum atomic E-state index is 1.15. The first-order chi connectivity index (χ1) is 16.7. The molecule has 0 aliphatic rings. The van der Waals surface area contributed by atoms with Crippen molar-refractivity contribution in [2.45, 2.75) is 88.9 Å². The molecule has 0 unspecified atom stereocenters. The van der Waals surface area contributed by atoms with E-state index in [9.17, 15) is 0 Å². The fourth-order valence-corrected chi connectivity index (χ4v) is 8.16. The lowest BCUT2D eigenvalue weighted by atomic mass is 9.95. The van der Waals surface area contributed by atoms with Crippen LogP contribution in [0.4, 0.5) is 0 Å². The van der Waals surface area contributed by atoms with Gasteiger partial charge in [-0.3, -0.25) is 0 Å². The molecule has 0 aliphatic carbocycles. The van der Waals surface area contributed by atoms with Crippen LogP contribution >= 0.6 is 21.6 Å². The third-order valence-corrected chi connectivity index (χ3v) is 9.24. The van der Waals surface area contributed by atoms with Crippen molar-refractivity contribution in [2.24, 2.45) is 0 Å². The van der Waals surface area contributed by atoms with Gasteiger partial charge in [-0.15, -0.1) is 0 Å². The first kappa shape index (κ1) is 25.2. The van der Waals surface area contributed by atoms with Crippen molar-refractivity contribution in [3.63, 3.8) is 0 Å². The van der Waals surface area contributed by atoms with E-state index in [-0.39, 0.29) is 0 Å². The van der Waals surface area contributed by atoms with Crippen molar-refractivity contribution in [2.75, 3.05) is 0 Å². The maximum atomic E-state index is 2.46. The molecule has 0 spiro atoms. The minimum absolute atomic E-state index is 1.15. The summed E-state index contributed by atoms with van der Waals surface area (Å²) in [7, 11) is 4.02. The van der Waals surface area contributed by atoms with Gasteiger partial charge in [0.25, 0.3) is 0 Å². The number of hydrogen-bond acceptors (Lipinski definition) is 2. The summed E-state index contributed by atoms with van der Waals surface area (Å²) in [6, 6.07) is 22.9. The predicted octanol–water partition coefficient (Wildman–Crippen LogP) is 10.6. The predicted molar refractivity (Wildman–Crippen MR) is 156 cm³/mol. The van der Waals surface area contributed by atoms with E-state index in [0.29, 0.717) is 0 Å². The van der Waals surface area contributed by atoms with Gasteiger partial charge in [-0.1, -0.05) is 136 Å². The monoisotopic (exact) mass is 486 g/mol. The highest BCUT2D eigenvalue weighted by atomic mass is 33.1. The Morgan fingerprint density at radius 3 is 1.26 bits per heavy atom. The Bertz CT molecular complexity index is 1160. The van der Waals surface area contributed by atoms with Crippen LogP contribution in [0, 0.1) is 0 Å². The van der Waals surface area contributed by atoms with E-state index < -0.39 is 0 Å². The van der Waals surface area contributed by atoms with Crippen molar-refractivity contribution < 1.29 is 0 Å². The number of aryl methyl sites for hydroxylation is 2. The number of benzene rings is 4. The molecule has 0 radical (unpaired) electrons. The van der Waals surface area contributed by atoms with Gasteiger partial charge in [0.05, 0.1) is 0 Å². The van der Waals surface area contributed by atoms with Gasteiger partial charge in [0, 0.05) is 9.79 Å². The summed E-state index contributed by atoms with van der Waals surface area (Å²) in [6.07, 6.45) is 9.38. The SMILES string of the molecule is CCCc1cc2ccccc2c(SSc2c(CCC)c(CCC)cc3ccccc23)c1CCC. The molecule has 4 aromatic carbocycles. The fourth-order valence-electron chi connectivity index (χ4n) is 5.13. The van der Waals surface area contributed by atoms with Crippen molar-refractivity contribution >= 4 is 43.1 Å². The summed E-state index contributed by atoms with van der Waals surface area (Å²) in [4.78, 5) is 2.97. The molecule has 0 aliphatic heterocycles. The van der Waals surface area contributed by atoms with Crippen LogP contribution in [0.1, 0.15) is 75.6 Å². The van der Waals surface area contributed by atoms with E-state index in [4.69, 9.17) is 0 Å². The molecule has 0 bridgehead atoms. The summed E-state index contributed by atoms with van der Waals surface area (Å²) in [6.45, 7) is 9.23. The third-order valence-electron chi connectivity index (χ3n) is 6.64. The smallest absolute Gasteiger partial charge is 0.0299 e. The topological polar surface area (TPSA) is 0 Å². The van der Waals surface area contributed by atoms with Crippen LogP contribution in [0.2, 0.25) is 0 Å². The summed E-state index contributed by atoms with van der Waals surface area (Å²) in [5.41, 5.74) is 6.24. The van der Waals surface area contributed by atoms with E-state index in [1.165, 1.54) is 57.0 Å². The molecule has 0 aromatic heterocycles. The van der Waals surface area contributed by atoms with Gasteiger partial charge in [-0.25, -0.2) is 0 Å². The van der Waals surface area contributed by atoms with Crippen molar-refractivity contribution in [3.05, 3.63) is 82.9 Å². The third kappa shape index (κ3) is 5.34. The number of fused-ring (bicyclic) bond motifs is 2. The standard InChI is InChI=1S/C32H38S2/c1-5-13-23-21-25-17-9-11-19-29(25)31(27(23)15-7-3)33-34-32-28(16-8-4)24(14-6-2)22-26-18-10-12-20-30(26)32/h9-12,17-22H,5-8,13-16H2,1-4H3. The van der Waals surface area contributed by atoms with Gasteiger partial charge >= 0.3 is 0 Å². The average molecular weight is 487 g/mol. The molecule has 178 valence electrons. The molecule has 0 saturated heterocycles. The maximum absolute atomic E-state index is 2.46. The highest BCUT2D eigenvalue weighted by Crippen LogP contribution is 2.48. The Morgan fingerprint density at radius 1 is 0.500 bits per heavy atom. The fraction of sp³-hybridized carbons (Fsp3) is 0.375. The van der Waals surface area contributed by atoms with Crippen LogP contribution in [0.25, 0.3) is 21.5 Å². The maximum Gasteiger partial charge on any atom is 0.0299 e. The Kier molecular flexibility index (Phi) is 9.03. The van der Waals surface area contributed by atoms with Gasteiger partial charge in [0.1, 0.15) is 0 Å². The molecule has 0 atom stereocenters. The van der Waals surface area contributed by atoms with E-state index in [2.05, 4.69) is 88.4 Å². The van der Waals surface area contributed by atoms with Gasteiger partial charge in [-0.2, -0.15) is 0 Å². The highest BCUT2D eigenvalue weighted by molar-refractivity contribution is 8.76. The summed E-state index contributed by atoms with van der Waals surface area (Å²) < 4.78 is 0. The number of rotatable bonds is 11. The lowest BCUT2D eigenvalue weighted by Crippen LogP contribution is -1.99. The highest BCUT2D eigenvalue weighted by Gasteiger charge is 2.18. The molecule has 0 nitrogen and oxygen atoms in total. The average Bonchev–Trinajstić information content (AvgIpc) is 2.85. The zero-order chi connectivity index (χ0) is 23.9. The second kappa shape index (κ2) is 12.2. The van der Waals surface area contributed by atoms with Crippen LogP contribution < -0.4 is 0 Å². The van der Waals surface area contributed by atoms with Crippen LogP contribution in [-0.4, -0.2) is 0 Å². The molecule has 4 aromatic rings. The van der Waals surface area contributed by atoms with Gasteiger partial charge < -0.3 is 0 Å². The lowest BCUT2D eigenvalue weighted by Gasteiger charge is -2.20. The number of hydrogen-bond donors (Lipinski definition) is 0. The van der Waals surface area contributed by atoms with Gasteiger partial charge in [0.15, 0.2) is 0 Å². The van der Waals surface area contributed by atoms with E-state index >= 15 is 0 Å². The molecule has 34 heavy (non-hydrogen) atoms. The summed E-state index contributed by atoms with van der Waals surface area (Å²) in [5.74, 6) is 0. The molecular formula is C32H38S2. The van der Waals surface area contributed by atoms with Crippen LogP contribution in [0.15, 0.2) is 70.5 Å². The van der Waals surface area contributed by atoms with Crippen LogP contribution in [0.5, 0.6) is 0 Å². The Hall–Kier alpha value is -1.90. The molecule has 0 heterocycles. The lowest BCUT2D eigenvalue weighted by molar-refractivity contribution is 0.848. The molecule has 0 fully saturated rings.